The van der Waals surface area contributed by atoms with E-state index in [1.54, 1.807) is 13.3 Å². The summed E-state index contributed by atoms with van der Waals surface area (Å²) in [5, 5.41) is 15.8. The molecule has 1 saturated heterocycles. The van der Waals surface area contributed by atoms with E-state index in [1.807, 2.05) is 36.4 Å². The quantitative estimate of drug-likeness (QED) is 0.465. The van der Waals surface area contributed by atoms with Crippen molar-refractivity contribution in [1.29, 1.82) is 0 Å². The number of nitrogens with zero attached hydrogens (tertiary/aromatic N) is 2. The second kappa shape index (κ2) is 11.6. The summed E-state index contributed by atoms with van der Waals surface area (Å²) >= 11 is 6.46. The van der Waals surface area contributed by atoms with Gasteiger partial charge in [0.15, 0.2) is 0 Å². The first-order chi connectivity index (χ1) is 16.1. The van der Waals surface area contributed by atoms with Gasteiger partial charge >= 0.3 is 0 Å². The lowest BCUT2D eigenvalue weighted by Crippen LogP contribution is -2.47. The van der Waals surface area contributed by atoms with Crippen molar-refractivity contribution in [1.82, 2.24) is 15.2 Å². The molecule has 2 aromatic carbocycles. The number of ether oxygens (including phenoxy) is 2. The van der Waals surface area contributed by atoms with Crippen molar-refractivity contribution >= 4 is 28.6 Å². The van der Waals surface area contributed by atoms with Crippen LogP contribution in [0.4, 0.5) is 0 Å². The molecule has 3 aromatic rings. The number of halogens is 1. The van der Waals surface area contributed by atoms with Gasteiger partial charge in [-0.3, -0.25) is 9.88 Å². The van der Waals surface area contributed by atoms with E-state index in [0.29, 0.717) is 29.5 Å². The molecule has 0 saturated carbocycles. The molecule has 0 bridgehead atoms. The minimum Gasteiger partial charge on any atom is -0.497 e. The maximum absolute atomic E-state index is 11.1. The molecule has 2 heterocycles. The first-order valence-corrected chi connectivity index (χ1v) is 11.6. The predicted molar refractivity (Wildman–Crippen MR) is 133 cm³/mol. The molecule has 1 aliphatic heterocycles. The molecule has 0 amide bonds. The largest absolute Gasteiger partial charge is 0.497 e. The Morgan fingerprint density at radius 3 is 2.97 bits per heavy atom. The van der Waals surface area contributed by atoms with Crippen molar-refractivity contribution in [3.8, 4) is 5.75 Å². The van der Waals surface area contributed by atoms with Crippen LogP contribution in [0.3, 0.4) is 0 Å². The van der Waals surface area contributed by atoms with E-state index in [1.165, 1.54) is 5.56 Å². The third kappa shape index (κ3) is 6.31. The zero-order chi connectivity index (χ0) is 23.0. The van der Waals surface area contributed by atoms with Crippen LogP contribution in [0, 0.1) is 0 Å². The molecule has 1 fully saturated rings. The molecular weight excluding hydrogens is 438 g/mol. The Balaban J connectivity index is 1.33. The van der Waals surface area contributed by atoms with Crippen LogP contribution >= 0.6 is 11.6 Å². The molecule has 0 aliphatic carbocycles. The van der Waals surface area contributed by atoms with E-state index in [-0.39, 0.29) is 6.10 Å². The molecule has 2 N–H and O–H groups in total. The van der Waals surface area contributed by atoms with Crippen LogP contribution in [0.1, 0.15) is 17.2 Å². The van der Waals surface area contributed by atoms with Crippen molar-refractivity contribution in [3.63, 3.8) is 0 Å². The lowest BCUT2D eigenvalue weighted by Gasteiger charge is -2.34. The molecule has 7 heteroatoms. The number of hydrogen-bond donors (Lipinski definition) is 2. The summed E-state index contributed by atoms with van der Waals surface area (Å²) < 4.78 is 11.3. The number of rotatable bonds is 9. The van der Waals surface area contributed by atoms with E-state index in [2.05, 4.69) is 39.5 Å². The topological polar surface area (TPSA) is 66.9 Å². The Bertz CT molecular complexity index is 1080. The summed E-state index contributed by atoms with van der Waals surface area (Å²) in [5.74, 6) is 0.707. The molecule has 1 aliphatic rings. The third-order valence-corrected chi connectivity index (χ3v) is 6.10. The zero-order valence-corrected chi connectivity index (χ0v) is 19.5. The first kappa shape index (κ1) is 23.7. The smallest absolute Gasteiger partial charge is 0.119 e. The molecule has 1 aromatic heterocycles. The number of fused-ring (bicyclic) bond motifs is 1. The lowest BCUT2D eigenvalue weighted by molar-refractivity contribution is -0.0390. The number of aliphatic hydroxyl groups is 1. The van der Waals surface area contributed by atoms with Crippen LogP contribution in [0.2, 0.25) is 5.02 Å². The normalized spacial score (nSPS) is 18.1. The van der Waals surface area contributed by atoms with Crippen LogP contribution in [0.5, 0.6) is 5.75 Å². The first-order valence-electron chi connectivity index (χ1n) is 11.2. The Hall–Kier alpha value is -2.48. The molecule has 174 valence electrons. The van der Waals surface area contributed by atoms with Gasteiger partial charge in [-0.25, -0.2) is 0 Å². The van der Waals surface area contributed by atoms with Gasteiger partial charge < -0.3 is 19.9 Å². The van der Waals surface area contributed by atoms with Gasteiger partial charge in [0.2, 0.25) is 0 Å². The standard InChI is InChI=1S/C26H30ClN3O3/c1-32-20-9-10-24-22(14-20)26(23(27)16-29-24)25(31)18-30-12-13-33-21(17-30)15-28-11-5-8-19-6-3-2-4-7-19/h2-10,14,16,21,25,28,31H,11-13,15,17-18H2,1H3. The highest BCUT2D eigenvalue weighted by atomic mass is 35.5. The minimum absolute atomic E-state index is 0.0702. The summed E-state index contributed by atoms with van der Waals surface area (Å²) in [6.07, 6.45) is 5.15. The molecule has 0 spiro atoms. The molecule has 2 atom stereocenters. The summed E-state index contributed by atoms with van der Waals surface area (Å²) in [6.45, 7) is 4.16. The van der Waals surface area contributed by atoms with E-state index in [9.17, 15) is 5.11 Å². The Labute approximate surface area is 199 Å². The fourth-order valence-electron chi connectivity index (χ4n) is 4.13. The number of methoxy groups -OCH3 is 1. The van der Waals surface area contributed by atoms with E-state index < -0.39 is 6.10 Å². The third-order valence-electron chi connectivity index (χ3n) is 5.80. The monoisotopic (exact) mass is 467 g/mol. The van der Waals surface area contributed by atoms with Gasteiger partial charge in [-0.15, -0.1) is 0 Å². The zero-order valence-electron chi connectivity index (χ0n) is 18.8. The Morgan fingerprint density at radius 2 is 2.15 bits per heavy atom. The molecule has 0 radical (unpaired) electrons. The number of aliphatic hydroxyl groups excluding tert-OH is 1. The van der Waals surface area contributed by atoms with Crippen LogP contribution < -0.4 is 10.1 Å². The second-order valence-electron chi connectivity index (χ2n) is 8.14. The average molecular weight is 468 g/mol. The summed E-state index contributed by atoms with van der Waals surface area (Å²) in [5.41, 5.74) is 2.66. The number of pyridine rings is 1. The summed E-state index contributed by atoms with van der Waals surface area (Å²) in [7, 11) is 1.62. The van der Waals surface area contributed by atoms with Gasteiger partial charge in [-0.2, -0.15) is 0 Å². The van der Waals surface area contributed by atoms with Crippen molar-refractivity contribution in [3.05, 3.63) is 77.0 Å². The number of morpholine rings is 1. The van der Waals surface area contributed by atoms with Crippen molar-refractivity contribution in [2.24, 2.45) is 0 Å². The molecule has 4 rings (SSSR count). The maximum atomic E-state index is 11.1. The lowest BCUT2D eigenvalue weighted by atomic mass is 10.0. The number of benzene rings is 2. The molecule has 6 nitrogen and oxygen atoms in total. The fraction of sp³-hybridized carbons (Fsp3) is 0.346. The minimum atomic E-state index is -0.740. The Morgan fingerprint density at radius 1 is 1.30 bits per heavy atom. The van der Waals surface area contributed by atoms with Gasteiger partial charge in [0.05, 0.1) is 36.5 Å². The van der Waals surface area contributed by atoms with Gasteiger partial charge in [0.1, 0.15) is 5.75 Å². The van der Waals surface area contributed by atoms with Gasteiger partial charge in [-0.05, 0) is 23.8 Å². The average Bonchev–Trinajstić information content (AvgIpc) is 2.84. The van der Waals surface area contributed by atoms with E-state index in [0.717, 1.165) is 37.1 Å². The highest BCUT2D eigenvalue weighted by molar-refractivity contribution is 6.32. The van der Waals surface area contributed by atoms with Gasteiger partial charge in [0, 0.05) is 49.9 Å². The summed E-state index contributed by atoms with van der Waals surface area (Å²) in [4.78, 5) is 6.61. The van der Waals surface area contributed by atoms with Crippen molar-refractivity contribution in [2.45, 2.75) is 12.2 Å². The maximum Gasteiger partial charge on any atom is 0.119 e. The van der Waals surface area contributed by atoms with Gasteiger partial charge in [0.25, 0.3) is 0 Å². The SMILES string of the molecule is COc1ccc2ncc(Cl)c(C(O)CN3CCOC(CNCC=Cc4ccccc4)C3)c2c1. The fourth-order valence-corrected chi connectivity index (χ4v) is 4.40. The number of hydrogen-bond acceptors (Lipinski definition) is 6. The summed E-state index contributed by atoms with van der Waals surface area (Å²) in [6, 6.07) is 15.9. The van der Waals surface area contributed by atoms with Crippen LogP contribution in [-0.4, -0.2) is 67.5 Å². The highest BCUT2D eigenvalue weighted by Gasteiger charge is 2.25. The van der Waals surface area contributed by atoms with Crippen molar-refractivity contribution < 1.29 is 14.6 Å². The van der Waals surface area contributed by atoms with E-state index >= 15 is 0 Å². The number of β-amino-alcohol motifs (C(OH)–C–C–N with tert-alkyl or cyclic N) is 1. The number of aromatic nitrogens is 1. The van der Waals surface area contributed by atoms with E-state index in [4.69, 9.17) is 21.1 Å². The predicted octanol–water partition coefficient (Wildman–Crippen LogP) is 3.93. The molecule has 33 heavy (non-hydrogen) atoms. The van der Waals surface area contributed by atoms with Crippen molar-refractivity contribution in [2.75, 3.05) is 46.4 Å². The van der Waals surface area contributed by atoms with Gasteiger partial charge in [-0.1, -0.05) is 54.1 Å². The number of nitrogens with one attached hydrogen (secondary N) is 1. The molecular formula is C26H30ClN3O3. The van der Waals surface area contributed by atoms with Crippen LogP contribution in [0.15, 0.2) is 60.8 Å². The van der Waals surface area contributed by atoms with Crippen LogP contribution in [-0.2, 0) is 4.74 Å². The highest BCUT2D eigenvalue weighted by Crippen LogP contribution is 2.32. The second-order valence-corrected chi connectivity index (χ2v) is 8.55. The molecule has 2 unspecified atom stereocenters. The Kier molecular flexibility index (Phi) is 8.31. The van der Waals surface area contributed by atoms with Crippen LogP contribution in [0.25, 0.3) is 17.0 Å².